The summed E-state index contributed by atoms with van der Waals surface area (Å²) in [6, 6.07) is 0. The fourth-order valence-electron chi connectivity index (χ4n) is 2.97. The fraction of sp³-hybridized carbons (Fsp3) is 1.00. The zero-order valence-electron chi connectivity index (χ0n) is 13.1. The number of hydrogen-bond donors (Lipinski definition) is 1. The molecular weight excluding hydrogens is 274 g/mol. The number of nitrogens with zero attached hydrogens (tertiary/aromatic N) is 2. The van der Waals surface area contributed by atoms with Gasteiger partial charge in [-0.1, -0.05) is 19.8 Å². The van der Waals surface area contributed by atoms with Crippen molar-refractivity contribution < 1.29 is 8.42 Å². The van der Waals surface area contributed by atoms with Crippen molar-refractivity contribution in [3.63, 3.8) is 0 Å². The molecule has 1 rings (SSSR count). The number of nitrogens with two attached hydrogens (primary N) is 1. The van der Waals surface area contributed by atoms with Crippen LogP contribution in [0.4, 0.5) is 0 Å². The normalized spacial score (nSPS) is 20.1. The molecule has 1 saturated heterocycles. The molecule has 2 N–H and O–H groups in total. The Balaban J connectivity index is 2.21. The SMILES string of the molecule is CCCC(CCN)CCCN1CCN(S(C)(=O)=O)CC1. The number of hydrogen-bond acceptors (Lipinski definition) is 4. The smallest absolute Gasteiger partial charge is 0.211 e. The van der Waals surface area contributed by atoms with Crippen molar-refractivity contribution >= 4 is 10.0 Å². The van der Waals surface area contributed by atoms with Crippen molar-refractivity contribution in [2.45, 2.75) is 39.0 Å². The summed E-state index contributed by atoms with van der Waals surface area (Å²) in [4.78, 5) is 2.38. The summed E-state index contributed by atoms with van der Waals surface area (Å²) in [7, 11) is -3.01. The summed E-state index contributed by atoms with van der Waals surface area (Å²) in [5, 5.41) is 0. The molecule has 0 radical (unpaired) electrons. The van der Waals surface area contributed by atoms with Crippen LogP contribution in [-0.4, -0.2) is 63.1 Å². The highest BCUT2D eigenvalue weighted by atomic mass is 32.2. The Labute approximate surface area is 124 Å². The molecule has 0 aromatic carbocycles. The minimum atomic E-state index is -3.01. The zero-order valence-corrected chi connectivity index (χ0v) is 13.9. The molecule has 1 aliphatic rings. The van der Waals surface area contributed by atoms with Gasteiger partial charge in [-0.25, -0.2) is 8.42 Å². The Morgan fingerprint density at radius 1 is 1.10 bits per heavy atom. The Bertz CT molecular complexity index is 345. The average Bonchev–Trinajstić information content (AvgIpc) is 2.39. The third-order valence-corrected chi connectivity index (χ3v) is 5.46. The monoisotopic (exact) mass is 305 g/mol. The van der Waals surface area contributed by atoms with Crippen LogP contribution in [0, 0.1) is 5.92 Å². The number of sulfonamides is 1. The van der Waals surface area contributed by atoms with Crippen molar-refractivity contribution in [3.8, 4) is 0 Å². The number of piperazine rings is 1. The number of rotatable bonds is 9. The van der Waals surface area contributed by atoms with Gasteiger partial charge in [-0.05, 0) is 38.3 Å². The molecule has 5 nitrogen and oxygen atoms in total. The van der Waals surface area contributed by atoms with E-state index in [1.54, 1.807) is 4.31 Å². The van der Waals surface area contributed by atoms with Gasteiger partial charge in [0.1, 0.15) is 0 Å². The van der Waals surface area contributed by atoms with Gasteiger partial charge >= 0.3 is 0 Å². The van der Waals surface area contributed by atoms with Crippen molar-refractivity contribution in [1.82, 2.24) is 9.21 Å². The van der Waals surface area contributed by atoms with Gasteiger partial charge in [0.2, 0.25) is 10.0 Å². The summed E-state index contributed by atoms with van der Waals surface area (Å²) in [6.07, 6.45) is 7.39. The highest BCUT2D eigenvalue weighted by Gasteiger charge is 2.22. The van der Waals surface area contributed by atoms with E-state index in [-0.39, 0.29) is 0 Å². The zero-order chi connectivity index (χ0) is 15.0. The first kappa shape index (κ1) is 17.9. The van der Waals surface area contributed by atoms with Gasteiger partial charge in [-0.2, -0.15) is 4.31 Å². The maximum atomic E-state index is 11.4. The van der Waals surface area contributed by atoms with E-state index in [4.69, 9.17) is 5.73 Å². The third kappa shape index (κ3) is 6.52. The molecule has 1 fully saturated rings. The quantitative estimate of drug-likeness (QED) is 0.693. The molecule has 1 unspecified atom stereocenters. The van der Waals surface area contributed by atoms with Gasteiger partial charge < -0.3 is 10.6 Å². The van der Waals surface area contributed by atoms with Crippen LogP contribution in [-0.2, 0) is 10.0 Å². The van der Waals surface area contributed by atoms with Gasteiger partial charge in [0.05, 0.1) is 6.26 Å². The molecule has 0 bridgehead atoms. The summed E-state index contributed by atoms with van der Waals surface area (Å²) in [5.41, 5.74) is 5.66. The molecule has 0 aromatic rings. The van der Waals surface area contributed by atoms with Crippen LogP contribution in [0.3, 0.4) is 0 Å². The molecule has 0 aromatic heterocycles. The highest BCUT2D eigenvalue weighted by molar-refractivity contribution is 7.88. The van der Waals surface area contributed by atoms with Crippen LogP contribution in [0.15, 0.2) is 0 Å². The second-order valence-electron chi connectivity index (χ2n) is 5.88. The minimum absolute atomic E-state index is 0.639. The largest absolute Gasteiger partial charge is 0.330 e. The molecule has 20 heavy (non-hydrogen) atoms. The van der Waals surface area contributed by atoms with Crippen LogP contribution in [0.2, 0.25) is 0 Å². The van der Waals surface area contributed by atoms with E-state index in [9.17, 15) is 8.42 Å². The van der Waals surface area contributed by atoms with Gasteiger partial charge in [0.25, 0.3) is 0 Å². The lowest BCUT2D eigenvalue weighted by molar-refractivity contribution is 0.182. The molecule has 120 valence electrons. The van der Waals surface area contributed by atoms with Gasteiger partial charge in [0, 0.05) is 26.2 Å². The lowest BCUT2D eigenvalue weighted by Crippen LogP contribution is -2.48. The summed E-state index contributed by atoms with van der Waals surface area (Å²) in [5.74, 6) is 0.766. The lowest BCUT2D eigenvalue weighted by Gasteiger charge is -2.33. The molecule has 0 spiro atoms. The molecule has 0 amide bonds. The maximum Gasteiger partial charge on any atom is 0.211 e. The van der Waals surface area contributed by atoms with E-state index in [0.29, 0.717) is 13.1 Å². The summed E-state index contributed by atoms with van der Waals surface area (Å²) >= 11 is 0. The van der Waals surface area contributed by atoms with Crippen molar-refractivity contribution in [2.75, 3.05) is 45.5 Å². The van der Waals surface area contributed by atoms with Gasteiger partial charge in [-0.15, -0.1) is 0 Å². The van der Waals surface area contributed by atoms with E-state index in [1.165, 1.54) is 31.9 Å². The first-order chi connectivity index (χ1) is 9.47. The van der Waals surface area contributed by atoms with Crippen LogP contribution >= 0.6 is 0 Å². The van der Waals surface area contributed by atoms with Crippen LogP contribution in [0.25, 0.3) is 0 Å². The Hall–Kier alpha value is -0.170. The van der Waals surface area contributed by atoms with Crippen LogP contribution in [0.1, 0.15) is 39.0 Å². The van der Waals surface area contributed by atoms with Crippen molar-refractivity contribution in [3.05, 3.63) is 0 Å². The topological polar surface area (TPSA) is 66.6 Å². The lowest BCUT2D eigenvalue weighted by atomic mass is 9.94. The minimum Gasteiger partial charge on any atom is -0.330 e. The van der Waals surface area contributed by atoms with E-state index >= 15 is 0 Å². The molecule has 0 saturated carbocycles. The highest BCUT2D eigenvalue weighted by Crippen LogP contribution is 2.17. The Morgan fingerprint density at radius 2 is 1.75 bits per heavy atom. The average molecular weight is 305 g/mol. The van der Waals surface area contributed by atoms with Crippen molar-refractivity contribution in [2.24, 2.45) is 11.7 Å². The second kappa shape index (κ2) is 8.97. The molecular formula is C14H31N3O2S. The summed E-state index contributed by atoms with van der Waals surface area (Å²) < 4.78 is 24.5. The molecule has 1 aliphatic heterocycles. The first-order valence-electron chi connectivity index (χ1n) is 7.85. The van der Waals surface area contributed by atoms with Gasteiger partial charge in [0.15, 0.2) is 0 Å². The van der Waals surface area contributed by atoms with E-state index in [2.05, 4.69) is 11.8 Å². The Morgan fingerprint density at radius 3 is 2.25 bits per heavy atom. The summed E-state index contributed by atoms with van der Waals surface area (Å²) in [6.45, 7) is 7.11. The van der Waals surface area contributed by atoms with Crippen LogP contribution < -0.4 is 5.73 Å². The predicted octanol–water partition coefficient (Wildman–Crippen LogP) is 1.11. The third-order valence-electron chi connectivity index (χ3n) is 4.16. The molecule has 6 heteroatoms. The fourth-order valence-corrected chi connectivity index (χ4v) is 3.79. The Kier molecular flexibility index (Phi) is 8.02. The second-order valence-corrected chi connectivity index (χ2v) is 7.86. The first-order valence-corrected chi connectivity index (χ1v) is 9.69. The van der Waals surface area contributed by atoms with E-state index < -0.39 is 10.0 Å². The van der Waals surface area contributed by atoms with Gasteiger partial charge in [-0.3, -0.25) is 0 Å². The van der Waals surface area contributed by atoms with Crippen molar-refractivity contribution in [1.29, 1.82) is 0 Å². The molecule has 1 atom stereocenters. The predicted molar refractivity (Wildman–Crippen MR) is 84.2 cm³/mol. The maximum absolute atomic E-state index is 11.4. The molecule has 0 aliphatic carbocycles. The van der Waals surface area contributed by atoms with E-state index in [1.807, 2.05) is 0 Å². The van der Waals surface area contributed by atoms with Crippen LogP contribution in [0.5, 0.6) is 0 Å². The van der Waals surface area contributed by atoms with E-state index in [0.717, 1.165) is 38.5 Å². The molecule has 1 heterocycles. The standard InChI is InChI=1S/C14H31N3O2S/c1-3-5-14(7-8-15)6-4-9-16-10-12-17(13-11-16)20(2,18)19/h14H,3-13,15H2,1-2H3.